The van der Waals surface area contributed by atoms with E-state index in [0.29, 0.717) is 0 Å². The monoisotopic (exact) mass is 357 g/mol. The SMILES string of the molecule is C[C@H](NC(=O)Nc1cc(S(N)(=O)=O)ccc1Cl)C1=CCCCC1. The molecule has 23 heavy (non-hydrogen) atoms. The topological polar surface area (TPSA) is 101 Å². The zero-order chi connectivity index (χ0) is 17.0. The van der Waals surface area contributed by atoms with Crippen molar-refractivity contribution in [1.29, 1.82) is 0 Å². The van der Waals surface area contributed by atoms with Crippen molar-refractivity contribution in [2.75, 3.05) is 5.32 Å². The van der Waals surface area contributed by atoms with Crippen molar-refractivity contribution in [3.8, 4) is 0 Å². The summed E-state index contributed by atoms with van der Waals surface area (Å²) in [6, 6.07) is 3.37. The number of urea groups is 1. The molecule has 0 fully saturated rings. The third kappa shape index (κ3) is 4.95. The van der Waals surface area contributed by atoms with Gasteiger partial charge >= 0.3 is 6.03 Å². The predicted octanol–water partition coefficient (Wildman–Crippen LogP) is 3.00. The summed E-state index contributed by atoms with van der Waals surface area (Å²) in [5, 5.41) is 10.7. The Morgan fingerprint density at radius 2 is 2.09 bits per heavy atom. The van der Waals surface area contributed by atoms with Crippen LogP contribution in [0.4, 0.5) is 10.5 Å². The summed E-state index contributed by atoms with van der Waals surface area (Å²) in [6.45, 7) is 1.92. The Labute approximate surface area is 141 Å². The quantitative estimate of drug-likeness (QED) is 0.722. The van der Waals surface area contributed by atoms with E-state index in [9.17, 15) is 13.2 Å². The van der Waals surface area contributed by atoms with E-state index in [0.717, 1.165) is 19.3 Å². The minimum absolute atomic E-state index is 0.0875. The van der Waals surface area contributed by atoms with Crippen LogP contribution >= 0.6 is 11.6 Å². The van der Waals surface area contributed by atoms with Crippen LogP contribution in [-0.2, 0) is 10.0 Å². The summed E-state index contributed by atoms with van der Waals surface area (Å²) in [5.41, 5.74) is 1.40. The molecule has 0 bridgehead atoms. The number of primary sulfonamides is 1. The van der Waals surface area contributed by atoms with Gasteiger partial charge in [0.25, 0.3) is 0 Å². The van der Waals surface area contributed by atoms with E-state index in [1.807, 2.05) is 6.92 Å². The molecule has 4 N–H and O–H groups in total. The molecule has 1 aromatic carbocycles. The van der Waals surface area contributed by atoms with Gasteiger partial charge in [-0.25, -0.2) is 18.4 Å². The number of nitrogens with one attached hydrogen (secondary N) is 2. The van der Waals surface area contributed by atoms with E-state index in [1.165, 1.54) is 30.2 Å². The number of sulfonamides is 1. The lowest BCUT2D eigenvalue weighted by molar-refractivity contribution is 0.250. The second-order valence-electron chi connectivity index (χ2n) is 5.53. The molecule has 1 aliphatic carbocycles. The number of hydrogen-bond acceptors (Lipinski definition) is 3. The number of carbonyl (C=O) groups is 1. The van der Waals surface area contributed by atoms with Gasteiger partial charge in [0, 0.05) is 6.04 Å². The predicted molar refractivity (Wildman–Crippen MR) is 91.0 cm³/mol. The average molecular weight is 358 g/mol. The van der Waals surface area contributed by atoms with Gasteiger partial charge in [0.2, 0.25) is 10.0 Å². The molecule has 0 aromatic heterocycles. The Balaban J connectivity index is 2.06. The highest BCUT2D eigenvalue weighted by molar-refractivity contribution is 7.89. The maximum atomic E-state index is 12.1. The van der Waals surface area contributed by atoms with Crippen molar-refractivity contribution in [3.63, 3.8) is 0 Å². The number of rotatable bonds is 4. The van der Waals surface area contributed by atoms with E-state index < -0.39 is 16.1 Å². The molecule has 0 aliphatic heterocycles. The van der Waals surface area contributed by atoms with E-state index in [1.54, 1.807) is 0 Å². The fourth-order valence-electron chi connectivity index (χ4n) is 2.48. The maximum absolute atomic E-state index is 12.1. The van der Waals surface area contributed by atoms with Crippen molar-refractivity contribution < 1.29 is 13.2 Å². The summed E-state index contributed by atoms with van der Waals surface area (Å²) in [7, 11) is -3.86. The molecule has 1 atom stereocenters. The fourth-order valence-corrected chi connectivity index (χ4v) is 3.19. The van der Waals surface area contributed by atoms with Gasteiger partial charge < -0.3 is 10.6 Å². The van der Waals surface area contributed by atoms with E-state index in [2.05, 4.69) is 16.7 Å². The highest BCUT2D eigenvalue weighted by Gasteiger charge is 2.16. The summed E-state index contributed by atoms with van der Waals surface area (Å²) < 4.78 is 22.7. The zero-order valence-corrected chi connectivity index (χ0v) is 14.4. The number of benzene rings is 1. The molecule has 1 aromatic rings. The Morgan fingerprint density at radius 1 is 1.35 bits per heavy atom. The average Bonchev–Trinajstić information content (AvgIpc) is 2.49. The Bertz CT molecular complexity index is 731. The number of carbonyl (C=O) groups excluding carboxylic acids is 1. The van der Waals surface area contributed by atoms with E-state index in [-0.39, 0.29) is 21.6 Å². The lowest BCUT2D eigenvalue weighted by Crippen LogP contribution is -2.37. The third-order valence-electron chi connectivity index (χ3n) is 3.74. The lowest BCUT2D eigenvalue weighted by atomic mass is 9.95. The molecule has 0 spiro atoms. The van der Waals surface area contributed by atoms with Gasteiger partial charge in [0.05, 0.1) is 15.6 Å². The van der Waals surface area contributed by atoms with Crippen LogP contribution in [0.15, 0.2) is 34.7 Å². The van der Waals surface area contributed by atoms with Crippen molar-refractivity contribution in [1.82, 2.24) is 5.32 Å². The van der Waals surface area contributed by atoms with Gasteiger partial charge in [0.1, 0.15) is 0 Å². The molecule has 1 aliphatic rings. The summed E-state index contributed by atoms with van der Waals surface area (Å²) in [5.74, 6) is 0. The van der Waals surface area contributed by atoms with Crippen molar-refractivity contribution >= 4 is 33.3 Å². The first kappa shape index (κ1) is 17.8. The first-order valence-corrected chi connectivity index (χ1v) is 9.28. The second kappa shape index (κ2) is 7.33. The number of anilines is 1. The number of amides is 2. The zero-order valence-electron chi connectivity index (χ0n) is 12.8. The molecular weight excluding hydrogens is 338 g/mol. The highest BCUT2D eigenvalue weighted by Crippen LogP contribution is 2.25. The first-order valence-electron chi connectivity index (χ1n) is 7.36. The van der Waals surface area contributed by atoms with Crippen molar-refractivity contribution in [2.45, 2.75) is 43.5 Å². The Morgan fingerprint density at radius 3 is 2.70 bits per heavy atom. The van der Waals surface area contributed by atoms with Crippen LogP contribution < -0.4 is 15.8 Å². The molecule has 0 unspecified atom stereocenters. The molecule has 8 heteroatoms. The fraction of sp³-hybridized carbons (Fsp3) is 0.400. The number of halogens is 1. The molecule has 0 saturated heterocycles. The van der Waals surface area contributed by atoms with Gasteiger partial charge in [-0.3, -0.25) is 0 Å². The lowest BCUT2D eigenvalue weighted by Gasteiger charge is -2.21. The Hall–Kier alpha value is -1.57. The molecule has 0 heterocycles. The largest absolute Gasteiger partial charge is 0.332 e. The molecule has 0 saturated carbocycles. The molecule has 6 nitrogen and oxygen atoms in total. The number of hydrogen-bond donors (Lipinski definition) is 3. The minimum atomic E-state index is -3.86. The normalized spacial score (nSPS) is 16.4. The summed E-state index contributed by atoms with van der Waals surface area (Å²) >= 11 is 5.99. The summed E-state index contributed by atoms with van der Waals surface area (Å²) in [4.78, 5) is 12.0. The van der Waals surface area contributed by atoms with Crippen LogP contribution in [0.25, 0.3) is 0 Å². The van der Waals surface area contributed by atoms with Crippen LogP contribution in [0.1, 0.15) is 32.6 Å². The second-order valence-corrected chi connectivity index (χ2v) is 7.50. The van der Waals surface area contributed by atoms with Gasteiger partial charge in [-0.15, -0.1) is 0 Å². The van der Waals surface area contributed by atoms with E-state index >= 15 is 0 Å². The maximum Gasteiger partial charge on any atom is 0.319 e. The Kier molecular flexibility index (Phi) is 5.67. The minimum Gasteiger partial charge on any atom is -0.332 e. The smallest absolute Gasteiger partial charge is 0.319 e. The third-order valence-corrected chi connectivity index (χ3v) is 4.99. The van der Waals surface area contributed by atoms with Crippen molar-refractivity contribution in [3.05, 3.63) is 34.9 Å². The number of nitrogens with two attached hydrogens (primary N) is 1. The highest BCUT2D eigenvalue weighted by atomic mass is 35.5. The van der Waals surface area contributed by atoms with Crippen LogP contribution in [0, 0.1) is 0 Å². The van der Waals surface area contributed by atoms with Crippen LogP contribution in [0.3, 0.4) is 0 Å². The van der Waals surface area contributed by atoms with Crippen LogP contribution in [-0.4, -0.2) is 20.5 Å². The number of allylic oxidation sites excluding steroid dienone is 1. The molecule has 0 radical (unpaired) electrons. The van der Waals surface area contributed by atoms with E-state index in [4.69, 9.17) is 16.7 Å². The molecular formula is C15H20ClN3O3S. The van der Waals surface area contributed by atoms with Gasteiger partial charge in [-0.1, -0.05) is 23.3 Å². The van der Waals surface area contributed by atoms with Gasteiger partial charge in [0.15, 0.2) is 0 Å². The standard InChI is InChI=1S/C15H20ClN3O3S/c1-10(11-5-3-2-4-6-11)18-15(20)19-14-9-12(23(17,21)22)7-8-13(14)16/h5,7-10H,2-4,6H2,1H3,(H2,17,21,22)(H2,18,19,20)/t10-/m0/s1. The molecule has 2 rings (SSSR count). The van der Waals surface area contributed by atoms with Crippen molar-refractivity contribution in [2.24, 2.45) is 5.14 Å². The molecule has 2 amide bonds. The molecule has 126 valence electrons. The van der Waals surface area contributed by atoms with Gasteiger partial charge in [-0.2, -0.15) is 0 Å². The van der Waals surface area contributed by atoms with Gasteiger partial charge in [-0.05, 0) is 50.8 Å². The van der Waals surface area contributed by atoms with Crippen LogP contribution in [0.5, 0.6) is 0 Å². The first-order chi connectivity index (χ1) is 10.8. The summed E-state index contributed by atoms with van der Waals surface area (Å²) in [6.07, 6.45) is 6.47. The van der Waals surface area contributed by atoms with Crippen LogP contribution in [0.2, 0.25) is 5.02 Å².